The summed E-state index contributed by atoms with van der Waals surface area (Å²) in [7, 11) is 0. The fourth-order valence-corrected chi connectivity index (χ4v) is 2.92. The number of aromatic nitrogens is 3. The number of carbonyl (C=O) groups excluding carboxylic acids is 1. The van der Waals surface area contributed by atoms with Crippen molar-refractivity contribution >= 4 is 35.4 Å². The largest absolute Gasteiger partial charge is 0.351 e. The van der Waals surface area contributed by atoms with Crippen LogP contribution < -0.4 is 5.32 Å². The maximum Gasteiger partial charge on any atom is 0.283 e. The maximum absolute atomic E-state index is 12.2. The van der Waals surface area contributed by atoms with Gasteiger partial charge in [0.2, 0.25) is 0 Å². The van der Waals surface area contributed by atoms with Crippen LogP contribution in [0.3, 0.4) is 0 Å². The zero-order valence-corrected chi connectivity index (χ0v) is 14.1. The molecule has 1 aromatic heterocycles. The van der Waals surface area contributed by atoms with Crippen molar-refractivity contribution in [2.45, 2.75) is 25.3 Å². The summed E-state index contributed by atoms with van der Waals surface area (Å²) < 4.78 is 2.54. The highest BCUT2D eigenvalue weighted by atomic mass is 35.5. The van der Waals surface area contributed by atoms with Crippen molar-refractivity contribution in [3.63, 3.8) is 0 Å². The number of hydrogen-bond acceptors (Lipinski definition) is 5. The minimum absolute atomic E-state index is 0.0227. The van der Waals surface area contributed by atoms with Crippen LogP contribution in [0.1, 0.15) is 35.1 Å². The van der Waals surface area contributed by atoms with E-state index in [1.54, 1.807) is 0 Å². The molecule has 0 aliphatic heterocycles. The Balaban J connectivity index is 1.66. The van der Waals surface area contributed by atoms with Gasteiger partial charge in [-0.2, -0.15) is 5.10 Å². The molecule has 0 atom stereocenters. The summed E-state index contributed by atoms with van der Waals surface area (Å²) in [6.45, 7) is 0.297. The topological polar surface area (TPSA) is 106 Å². The van der Waals surface area contributed by atoms with Gasteiger partial charge in [-0.05, 0) is 37.2 Å². The second-order valence-electron chi connectivity index (χ2n) is 5.47. The summed E-state index contributed by atoms with van der Waals surface area (Å²) >= 11 is 10.9. The summed E-state index contributed by atoms with van der Waals surface area (Å²) in [6.07, 6.45) is 2.63. The summed E-state index contributed by atoms with van der Waals surface area (Å²) in [5, 5.41) is 20.8. The molecule has 2 N–H and O–H groups in total. The number of hydrogen-bond donors (Lipinski definition) is 2. The first-order valence-corrected chi connectivity index (χ1v) is 8.14. The molecule has 8 nitrogen and oxygen atoms in total. The minimum Gasteiger partial charge on any atom is -0.351 e. The quantitative estimate of drug-likeness (QED) is 0.464. The van der Waals surface area contributed by atoms with E-state index >= 15 is 0 Å². The molecule has 1 aromatic carbocycles. The monoisotopic (exact) mass is 367 g/mol. The molecule has 0 bridgehead atoms. The highest BCUT2D eigenvalue weighted by molar-refractivity contribution is 7.71. The first kappa shape index (κ1) is 16.6. The van der Waals surface area contributed by atoms with Gasteiger partial charge < -0.3 is 9.88 Å². The van der Waals surface area contributed by atoms with Gasteiger partial charge in [0, 0.05) is 30.1 Å². The molecule has 1 saturated carbocycles. The standard InChI is InChI=1S/C14H14ClN5O3S/c15-8-1-4-10(11(7-8)20(22)23)13(21)16-6-5-12-17-18-14(24)19(12)9-2-3-9/h1,4,7,9H,2-3,5-6H2,(H,16,21)(H,18,24). The number of benzene rings is 1. The smallest absolute Gasteiger partial charge is 0.283 e. The van der Waals surface area contributed by atoms with Gasteiger partial charge >= 0.3 is 0 Å². The van der Waals surface area contributed by atoms with Crippen LogP contribution in [0, 0.1) is 14.9 Å². The van der Waals surface area contributed by atoms with Crippen LogP contribution >= 0.6 is 23.8 Å². The number of amides is 1. The molecule has 1 aliphatic carbocycles. The van der Waals surface area contributed by atoms with Gasteiger partial charge in [-0.1, -0.05) is 11.6 Å². The lowest BCUT2D eigenvalue weighted by molar-refractivity contribution is -0.385. The van der Waals surface area contributed by atoms with E-state index in [0.29, 0.717) is 23.8 Å². The Morgan fingerprint density at radius 1 is 1.54 bits per heavy atom. The molecule has 1 heterocycles. The number of halogens is 1. The molecule has 1 fully saturated rings. The molecule has 0 unspecified atom stereocenters. The van der Waals surface area contributed by atoms with Gasteiger partial charge in [0.15, 0.2) is 4.77 Å². The number of nitrogens with zero attached hydrogens (tertiary/aromatic N) is 3. The van der Waals surface area contributed by atoms with E-state index in [-0.39, 0.29) is 16.3 Å². The van der Waals surface area contributed by atoms with Gasteiger partial charge in [-0.3, -0.25) is 20.0 Å². The van der Waals surface area contributed by atoms with Crippen LogP contribution in [0.2, 0.25) is 5.02 Å². The Bertz CT molecular complexity index is 858. The summed E-state index contributed by atoms with van der Waals surface area (Å²) in [5.41, 5.74) is -0.342. The van der Waals surface area contributed by atoms with Crippen molar-refractivity contribution in [1.82, 2.24) is 20.1 Å². The van der Waals surface area contributed by atoms with Gasteiger partial charge in [-0.15, -0.1) is 0 Å². The van der Waals surface area contributed by atoms with E-state index in [0.717, 1.165) is 24.7 Å². The molecular weight excluding hydrogens is 354 g/mol. The van der Waals surface area contributed by atoms with Crippen molar-refractivity contribution in [2.75, 3.05) is 6.54 Å². The Morgan fingerprint density at radius 3 is 2.96 bits per heavy atom. The van der Waals surface area contributed by atoms with Crippen LogP contribution in [0.4, 0.5) is 5.69 Å². The Hall–Kier alpha value is -2.26. The van der Waals surface area contributed by atoms with Crippen molar-refractivity contribution in [1.29, 1.82) is 0 Å². The van der Waals surface area contributed by atoms with Crippen molar-refractivity contribution in [2.24, 2.45) is 0 Å². The molecule has 2 aromatic rings. The van der Waals surface area contributed by atoms with Crippen LogP contribution in [0.15, 0.2) is 18.2 Å². The fraction of sp³-hybridized carbons (Fsp3) is 0.357. The third kappa shape index (κ3) is 3.46. The Labute approximate surface area is 147 Å². The van der Waals surface area contributed by atoms with E-state index < -0.39 is 10.8 Å². The lowest BCUT2D eigenvalue weighted by Gasteiger charge is -2.07. The fourth-order valence-electron chi connectivity index (χ4n) is 2.45. The van der Waals surface area contributed by atoms with E-state index in [4.69, 9.17) is 23.8 Å². The number of nitro benzene ring substituents is 1. The molecule has 0 saturated heterocycles. The predicted octanol–water partition coefficient (Wildman–Crippen LogP) is 2.81. The number of aromatic amines is 1. The van der Waals surface area contributed by atoms with E-state index in [2.05, 4.69) is 15.5 Å². The molecule has 1 aliphatic rings. The van der Waals surface area contributed by atoms with E-state index in [1.165, 1.54) is 12.1 Å². The highest BCUT2D eigenvalue weighted by Gasteiger charge is 2.27. The second kappa shape index (κ2) is 6.70. The van der Waals surface area contributed by atoms with Crippen LogP contribution in [0.25, 0.3) is 0 Å². The Kier molecular flexibility index (Phi) is 4.63. The van der Waals surface area contributed by atoms with Gasteiger partial charge in [0.1, 0.15) is 11.4 Å². The normalized spacial score (nSPS) is 13.7. The van der Waals surface area contributed by atoms with Crippen LogP contribution in [0.5, 0.6) is 0 Å². The first-order valence-electron chi connectivity index (χ1n) is 7.35. The number of carbonyl (C=O) groups is 1. The minimum atomic E-state index is -0.626. The summed E-state index contributed by atoms with van der Waals surface area (Å²) in [5.74, 6) is 0.249. The number of rotatable bonds is 6. The predicted molar refractivity (Wildman–Crippen MR) is 89.8 cm³/mol. The van der Waals surface area contributed by atoms with Gasteiger partial charge in [0.25, 0.3) is 11.6 Å². The molecule has 126 valence electrons. The first-order chi connectivity index (χ1) is 11.5. The zero-order valence-electron chi connectivity index (χ0n) is 12.5. The lowest BCUT2D eigenvalue weighted by atomic mass is 10.1. The average molecular weight is 368 g/mol. The number of nitrogens with one attached hydrogen (secondary N) is 2. The number of nitro groups is 1. The van der Waals surface area contributed by atoms with Gasteiger partial charge in [-0.25, -0.2) is 0 Å². The van der Waals surface area contributed by atoms with Gasteiger partial charge in [0.05, 0.1) is 4.92 Å². The summed E-state index contributed by atoms with van der Waals surface area (Å²) in [4.78, 5) is 22.6. The van der Waals surface area contributed by atoms with E-state index in [1.807, 2.05) is 4.57 Å². The molecule has 0 spiro atoms. The van der Waals surface area contributed by atoms with Crippen molar-refractivity contribution in [3.05, 3.63) is 49.5 Å². The van der Waals surface area contributed by atoms with E-state index in [9.17, 15) is 14.9 Å². The summed E-state index contributed by atoms with van der Waals surface area (Å²) in [6, 6.07) is 4.34. The van der Waals surface area contributed by atoms with Crippen molar-refractivity contribution in [3.8, 4) is 0 Å². The molecule has 3 rings (SSSR count). The van der Waals surface area contributed by atoms with Crippen LogP contribution in [-0.2, 0) is 6.42 Å². The second-order valence-corrected chi connectivity index (χ2v) is 6.29. The third-order valence-corrected chi connectivity index (χ3v) is 4.25. The molecular formula is C14H14ClN5O3S. The zero-order chi connectivity index (χ0) is 17.3. The average Bonchev–Trinajstić information content (AvgIpc) is 3.31. The SMILES string of the molecule is O=C(NCCc1n[nH]c(=S)n1C1CC1)c1ccc(Cl)cc1[N+](=O)[O-]. The number of H-pyrrole nitrogens is 1. The van der Waals surface area contributed by atoms with Crippen molar-refractivity contribution < 1.29 is 9.72 Å². The molecule has 0 radical (unpaired) electrons. The third-order valence-electron chi connectivity index (χ3n) is 3.72. The Morgan fingerprint density at radius 2 is 2.29 bits per heavy atom. The molecule has 10 heteroatoms. The lowest BCUT2D eigenvalue weighted by Crippen LogP contribution is -2.27. The molecule has 24 heavy (non-hydrogen) atoms. The maximum atomic E-state index is 12.2. The van der Waals surface area contributed by atoms with Crippen LogP contribution in [-0.4, -0.2) is 32.1 Å². The highest BCUT2D eigenvalue weighted by Crippen LogP contribution is 2.35. The molecule has 1 amide bonds.